The van der Waals surface area contributed by atoms with E-state index in [-0.39, 0.29) is 50.7 Å². The Hall–Kier alpha value is -0.936. The molecule has 0 spiro atoms. The number of phenolic OH excluding ortho intramolecular Hbond substituents is 1. The van der Waals surface area contributed by atoms with E-state index in [2.05, 4.69) is 5.32 Å². The van der Waals surface area contributed by atoms with Crippen molar-refractivity contribution in [3.8, 4) is 5.75 Å². The van der Waals surface area contributed by atoms with Crippen LogP contribution in [0.4, 0.5) is 4.79 Å². The second-order valence-corrected chi connectivity index (χ2v) is 3.45. The van der Waals surface area contributed by atoms with Crippen LogP contribution in [-0.2, 0) is 42.2 Å². The number of carbonyl (C=O) groups excluding carboxylic acids is 2. The Morgan fingerprint density at radius 3 is 2.33 bits per heavy atom. The molecule has 0 aliphatic rings. The van der Waals surface area contributed by atoms with Gasteiger partial charge >= 0.3 is 6.09 Å². The molecule has 0 fully saturated rings. The van der Waals surface area contributed by atoms with Crippen LogP contribution < -0.4 is 5.32 Å². The van der Waals surface area contributed by atoms with Crippen molar-refractivity contribution in [2.45, 2.75) is 19.4 Å². The minimum Gasteiger partial charge on any atom is -0.508 e. The molecule has 5 nitrogen and oxygen atoms in total. The Morgan fingerprint density at radius 2 is 1.89 bits per heavy atom. The number of rotatable bonds is 4. The molecule has 2 N–H and O–H groups in total. The van der Waals surface area contributed by atoms with Gasteiger partial charge in [-0.05, 0) is 12.1 Å². The van der Waals surface area contributed by atoms with Gasteiger partial charge in [0.05, 0.1) is 0 Å². The van der Waals surface area contributed by atoms with Gasteiger partial charge in [-0.1, -0.05) is 19.1 Å². The molecule has 1 unspecified atom stereocenters. The van der Waals surface area contributed by atoms with Gasteiger partial charge in [0.25, 0.3) is 0 Å². The van der Waals surface area contributed by atoms with E-state index in [1.807, 2.05) is 0 Å². The van der Waals surface area contributed by atoms with Crippen molar-refractivity contribution in [3.63, 3.8) is 0 Å². The van der Waals surface area contributed by atoms with Gasteiger partial charge in [-0.3, -0.25) is 4.79 Å². The zero-order valence-corrected chi connectivity index (χ0v) is 13.2. The summed E-state index contributed by atoms with van der Waals surface area (Å²) in [6, 6.07) is 5.99. The molecule has 6 heteroatoms. The zero-order valence-electron chi connectivity index (χ0n) is 10.3. The maximum atomic E-state index is 11.7. The molecule has 0 aliphatic heterocycles. The summed E-state index contributed by atoms with van der Waals surface area (Å²) >= 11 is 0. The van der Waals surface area contributed by atoms with E-state index < -0.39 is 12.2 Å². The summed E-state index contributed by atoms with van der Waals surface area (Å²) in [5.41, 5.74) is 0.540. The second kappa shape index (κ2) is 8.22. The number of carbonyl (C=O) groups is 2. The average Bonchev–Trinajstić information content (AvgIpc) is 2.36. The molecular formula is C12H15NO4Y. The van der Waals surface area contributed by atoms with Gasteiger partial charge in [0, 0.05) is 51.7 Å². The minimum absolute atomic E-state index is 0. The van der Waals surface area contributed by atoms with Crippen molar-refractivity contribution in [3.05, 3.63) is 29.8 Å². The fourth-order valence-corrected chi connectivity index (χ4v) is 1.32. The van der Waals surface area contributed by atoms with E-state index in [1.54, 1.807) is 19.1 Å². The minimum atomic E-state index is -0.930. The molecule has 18 heavy (non-hydrogen) atoms. The summed E-state index contributed by atoms with van der Waals surface area (Å²) < 4.78 is 5.00. The third-order valence-electron chi connectivity index (χ3n) is 2.27. The zero-order chi connectivity index (χ0) is 12.8. The van der Waals surface area contributed by atoms with Crippen LogP contribution >= 0.6 is 0 Å². The number of amides is 1. The van der Waals surface area contributed by atoms with Gasteiger partial charge in [-0.15, -0.1) is 0 Å². The third kappa shape index (κ3) is 4.74. The summed E-state index contributed by atoms with van der Waals surface area (Å²) in [7, 11) is 1.42. The first-order chi connectivity index (χ1) is 8.08. The van der Waals surface area contributed by atoms with Gasteiger partial charge in [-0.2, -0.15) is 0 Å². The van der Waals surface area contributed by atoms with Crippen molar-refractivity contribution in [1.82, 2.24) is 5.32 Å². The molecule has 1 atom stereocenters. The normalized spacial score (nSPS) is 11.0. The first kappa shape index (κ1) is 17.1. The van der Waals surface area contributed by atoms with E-state index in [0.29, 0.717) is 5.56 Å². The molecule has 0 aliphatic carbocycles. The Kier molecular flexibility index (Phi) is 7.79. The number of Topliss-reactive ketones (excluding diaryl/α,β-unsaturated/α-hetero) is 1. The Balaban J connectivity index is 0.00000289. The quantitative estimate of drug-likeness (QED) is 0.884. The van der Waals surface area contributed by atoms with Crippen molar-refractivity contribution >= 4 is 11.9 Å². The summed E-state index contributed by atoms with van der Waals surface area (Å²) in [4.78, 5) is 22.8. The van der Waals surface area contributed by atoms with Gasteiger partial charge in [-0.25, -0.2) is 4.79 Å². The molecule has 0 heterocycles. The molecule has 0 aromatic heterocycles. The van der Waals surface area contributed by atoms with E-state index in [4.69, 9.17) is 9.84 Å². The first-order valence-electron chi connectivity index (χ1n) is 5.28. The predicted octanol–water partition coefficient (Wildman–Crippen LogP) is 1.77. The number of alkyl carbamates (subject to hydrolysis) is 1. The monoisotopic (exact) mass is 326 g/mol. The molecule has 1 rings (SSSR count). The summed E-state index contributed by atoms with van der Waals surface area (Å²) in [6.45, 7) is 1.70. The number of hydrogen-bond donors (Lipinski definition) is 2. The topological polar surface area (TPSA) is 75.6 Å². The fraction of sp³-hybridized carbons (Fsp3) is 0.333. The largest absolute Gasteiger partial charge is 0.508 e. The van der Waals surface area contributed by atoms with Gasteiger partial charge in [0.15, 0.2) is 11.9 Å². The molecule has 0 bridgehead atoms. The number of ether oxygens (including phenoxy) is 1. The molecular weight excluding hydrogens is 311 g/mol. The van der Waals surface area contributed by atoms with E-state index in [0.717, 1.165) is 0 Å². The number of aromatic hydroxyl groups is 1. The number of phenols is 1. The van der Waals surface area contributed by atoms with Crippen molar-refractivity contribution in [2.75, 3.05) is 7.05 Å². The van der Waals surface area contributed by atoms with E-state index >= 15 is 0 Å². The molecule has 1 radical (unpaired) electrons. The molecule has 0 saturated carbocycles. The van der Waals surface area contributed by atoms with Crippen molar-refractivity contribution in [2.24, 2.45) is 0 Å². The smallest absolute Gasteiger partial charge is 0.407 e. The second-order valence-electron chi connectivity index (χ2n) is 3.45. The van der Waals surface area contributed by atoms with Crippen LogP contribution in [-0.4, -0.2) is 24.0 Å². The Labute approximate surface area is 131 Å². The van der Waals surface area contributed by atoms with Gasteiger partial charge in [0.1, 0.15) is 5.75 Å². The fourth-order valence-electron chi connectivity index (χ4n) is 1.32. The van der Waals surface area contributed by atoms with Crippen LogP contribution in [0, 0.1) is 0 Å². The Bertz CT molecular complexity index is 405. The standard InChI is InChI=1S/C12H15NO4.Y/c1-3-10(15)11(17-12(16)13-2)8-4-6-9(14)7-5-8;/h4-7,11,14H,3H2,1-2H3,(H,13,16);. The van der Waals surface area contributed by atoms with Crippen LogP contribution in [0.2, 0.25) is 0 Å². The molecule has 1 aromatic carbocycles. The molecule has 95 valence electrons. The van der Waals surface area contributed by atoms with Crippen LogP contribution in [0.3, 0.4) is 0 Å². The van der Waals surface area contributed by atoms with Crippen LogP contribution in [0.15, 0.2) is 24.3 Å². The first-order valence-corrected chi connectivity index (χ1v) is 5.28. The van der Waals surface area contributed by atoms with Crippen molar-refractivity contribution in [1.29, 1.82) is 0 Å². The summed E-state index contributed by atoms with van der Waals surface area (Å²) in [5.74, 6) is -0.101. The Morgan fingerprint density at radius 1 is 1.33 bits per heavy atom. The maximum Gasteiger partial charge on any atom is 0.407 e. The molecule has 1 amide bonds. The summed E-state index contributed by atoms with van der Waals surface area (Å²) in [5, 5.41) is 11.5. The summed E-state index contributed by atoms with van der Waals surface area (Å²) in [6.07, 6.45) is -1.33. The van der Waals surface area contributed by atoms with Crippen LogP contribution in [0.5, 0.6) is 5.75 Å². The third-order valence-corrected chi connectivity index (χ3v) is 2.27. The van der Waals surface area contributed by atoms with Gasteiger partial charge in [0.2, 0.25) is 0 Å². The average molecular weight is 326 g/mol. The van der Waals surface area contributed by atoms with Crippen LogP contribution in [0.25, 0.3) is 0 Å². The number of nitrogens with one attached hydrogen (secondary N) is 1. The number of hydrogen-bond acceptors (Lipinski definition) is 4. The van der Waals surface area contributed by atoms with Gasteiger partial charge < -0.3 is 15.2 Å². The van der Waals surface area contributed by atoms with E-state index in [9.17, 15) is 9.59 Å². The molecule has 0 saturated heterocycles. The molecule has 1 aromatic rings. The van der Waals surface area contributed by atoms with Crippen LogP contribution in [0.1, 0.15) is 25.0 Å². The predicted molar refractivity (Wildman–Crippen MR) is 61.7 cm³/mol. The van der Waals surface area contributed by atoms with Crippen molar-refractivity contribution < 1.29 is 52.1 Å². The van der Waals surface area contributed by atoms with E-state index in [1.165, 1.54) is 19.2 Å². The SMILES string of the molecule is CCC(=O)C(OC(=O)NC)c1ccc(O)cc1.[Y]. The number of ketones is 1. The maximum absolute atomic E-state index is 11.7. The number of benzene rings is 1.